The summed E-state index contributed by atoms with van der Waals surface area (Å²) in [5, 5.41) is 2.53. The monoisotopic (exact) mass is 287 g/mol. The number of nitrogens with one attached hydrogen (secondary N) is 1. The number of hydrogen-bond donors (Lipinski definition) is 1. The van der Waals surface area contributed by atoms with Gasteiger partial charge in [0.15, 0.2) is 0 Å². The van der Waals surface area contributed by atoms with Crippen molar-refractivity contribution in [3.63, 3.8) is 0 Å². The molecule has 1 heterocycles. The first kappa shape index (κ1) is 14.8. The van der Waals surface area contributed by atoms with Crippen molar-refractivity contribution in [2.24, 2.45) is 7.05 Å². The SMILES string of the molecule is CC(=O)CC(=O)Nc1c(C)n(C)n(-c2ccccc2)c1=O. The fourth-order valence-corrected chi connectivity index (χ4v) is 2.12. The summed E-state index contributed by atoms with van der Waals surface area (Å²) in [6.07, 6.45) is -0.237. The van der Waals surface area contributed by atoms with E-state index in [9.17, 15) is 14.4 Å². The summed E-state index contributed by atoms with van der Waals surface area (Å²) >= 11 is 0. The first-order valence-electron chi connectivity index (χ1n) is 6.55. The highest BCUT2D eigenvalue weighted by atomic mass is 16.2. The normalized spacial score (nSPS) is 10.4. The van der Waals surface area contributed by atoms with Crippen LogP contribution in [0.1, 0.15) is 19.0 Å². The third-order valence-electron chi connectivity index (χ3n) is 3.23. The molecule has 0 fully saturated rings. The van der Waals surface area contributed by atoms with Crippen LogP contribution in [0.3, 0.4) is 0 Å². The van der Waals surface area contributed by atoms with E-state index in [1.54, 1.807) is 18.7 Å². The summed E-state index contributed by atoms with van der Waals surface area (Å²) in [5.74, 6) is -0.724. The Labute approximate surface area is 122 Å². The third-order valence-corrected chi connectivity index (χ3v) is 3.23. The lowest BCUT2D eigenvalue weighted by molar-refractivity contribution is -0.124. The van der Waals surface area contributed by atoms with Crippen LogP contribution in [0.4, 0.5) is 5.69 Å². The summed E-state index contributed by atoms with van der Waals surface area (Å²) in [4.78, 5) is 35.1. The van der Waals surface area contributed by atoms with Gasteiger partial charge in [0, 0.05) is 7.05 Å². The minimum atomic E-state index is -0.478. The van der Waals surface area contributed by atoms with E-state index in [0.29, 0.717) is 11.4 Å². The highest BCUT2D eigenvalue weighted by Crippen LogP contribution is 2.14. The molecule has 21 heavy (non-hydrogen) atoms. The lowest BCUT2D eigenvalue weighted by atomic mass is 10.3. The number of benzene rings is 1. The fourth-order valence-electron chi connectivity index (χ4n) is 2.12. The Morgan fingerprint density at radius 2 is 1.81 bits per heavy atom. The second-order valence-electron chi connectivity index (χ2n) is 4.86. The van der Waals surface area contributed by atoms with Gasteiger partial charge in [-0.2, -0.15) is 0 Å². The van der Waals surface area contributed by atoms with Crippen molar-refractivity contribution < 1.29 is 9.59 Å². The Morgan fingerprint density at radius 1 is 1.19 bits per heavy atom. The van der Waals surface area contributed by atoms with Gasteiger partial charge in [0.25, 0.3) is 5.56 Å². The van der Waals surface area contributed by atoms with E-state index < -0.39 is 5.91 Å². The minimum absolute atomic E-state index is 0.201. The number of para-hydroxylation sites is 1. The van der Waals surface area contributed by atoms with E-state index >= 15 is 0 Å². The van der Waals surface area contributed by atoms with Crippen molar-refractivity contribution in [2.45, 2.75) is 20.3 Å². The Balaban J connectivity index is 2.44. The molecule has 2 aromatic rings. The van der Waals surface area contributed by atoms with Crippen LogP contribution in [0.2, 0.25) is 0 Å². The van der Waals surface area contributed by atoms with Gasteiger partial charge in [0.2, 0.25) is 5.91 Å². The maximum Gasteiger partial charge on any atom is 0.295 e. The number of ketones is 1. The summed E-state index contributed by atoms with van der Waals surface area (Å²) < 4.78 is 3.14. The molecular weight excluding hydrogens is 270 g/mol. The van der Waals surface area contributed by atoms with Crippen molar-refractivity contribution in [3.05, 3.63) is 46.4 Å². The Bertz CT molecular complexity index is 742. The van der Waals surface area contributed by atoms with Gasteiger partial charge in [-0.3, -0.25) is 19.1 Å². The lowest BCUT2D eigenvalue weighted by Gasteiger charge is -2.07. The Hall–Kier alpha value is -2.63. The zero-order chi connectivity index (χ0) is 15.6. The molecule has 1 aromatic heterocycles. The minimum Gasteiger partial charge on any atom is -0.320 e. The molecule has 6 nitrogen and oxygen atoms in total. The summed E-state index contributed by atoms with van der Waals surface area (Å²) in [6, 6.07) is 9.14. The average Bonchev–Trinajstić information content (AvgIpc) is 2.63. The number of carbonyl (C=O) groups is 2. The lowest BCUT2D eigenvalue weighted by Crippen LogP contribution is -2.23. The molecular formula is C15H17N3O3. The van der Waals surface area contributed by atoms with Crippen molar-refractivity contribution in [1.82, 2.24) is 9.36 Å². The summed E-state index contributed by atoms with van der Waals surface area (Å²) in [5.41, 5.74) is 1.21. The number of anilines is 1. The predicted octanol–water partition coefficient (Wildman–Crippen LogP) is 1.40. The number of hydrogen-bond acceptors (Lipinski definition) is 3. The summed E-state index contributed by atoms with van der Waals surface area (Å²) in [7, 11) is 1.74. The van der Waals surface area contributed by atoms with E-state index in [1.165, 1.54) is 11.6 Å². The molecule has 0 aliphatic heterocycles. The van der Waals surface area contributed by atoms with Gasteiger partial charge in [-0.05, 0) is 26.0 Å². The Morgan fingerprint density at radius 3 is 2.38 bits per heavy atom. The van der Waals surface area contributed by atoms with Crippen LogP contribution in [-0.4, -0.2) is 21.1 Å². The van der Waals surface area contributed by atoms with E-state index in [1.807, 2.05) is 30.3 Å². The standard InChI is InChI=1S/C15H17N3O3/c1-10(19)9-13(20)16-14-11(2)17(3)18(15(14)21)12-7-5-4-6-8-12/h4-8H,9H2,1-3H3,(H,16,20). The fraction of sp³-hybridized carbons (Fsp3) is 0.267. The number of aromatic nitrogens is 2. The van der Waals surface area contributed by atoms with Gasteiger partial charge < -0.3 is 5.32 Å². The van der Waals surface area contributed by atoms with Gasteiger partial charge in [0.1, 0.15) is 11.5 Å². The topological polar surface area (TPSA) is 73.1 Å². The molecule has 0 unspecified atom stereocenters. The summed E-state index contributed by atoms with van der Waals surface area (Å²) in [6.45, 7) is 3.07. The largest absolute Gasteiger partial charge is 0.320 e. The zero-order valence-electron chi connectivity index (χ0n) is 12.2. The van der Waals surface area contributed by atoms with Crippen molar-refractivity contribution >= 4 is 17.4 Å². The molecule has 110 valence electrons. The molecule has 0 saturated carbocycles. The van der Waals surface area contributed by atoms with E-state index in [0.717, 1.165) is 0 Å². The van der Waals surface area contributed by atoms with Crippen LogP contribution in [0.5, 0.6) is 0 Å². The number of rotatable bonds is 4. The van der Waals surface area contributed by atoms with Crippen LogP contribution in [-0.2, 0) is 16.6 Å². The molecule has 0 saturated heterocycles. The smallest absolute Gasteiger partial charge is 0.295 e. The molecule has 6 heteroatoms. The van der Waals surface area contributed by atoms with Crippen LogP contribution in [0.15, 0.2) is 35.1 Å². The molecule has 0 spiro atoms. The maximum absolute atomic E-state index is 12.5. The van der Waals surface area contributed by atoms with E-state index in [-0.39, 0.29) is 23.5 Å². The number of nitrogens with zero attached hydrogens (tertiary/aromatic N) is 2. The van der Waals surface area contributed by atoms with Crippen LogP contribution < -0.4 is 10.9 Å². The highest BCUT2D eigenvalue weighted by Gasteiger charge is 2.18. The third kappa shape index (κ3) is 2.94. The number of Topliss-reactive ketones (excluding diaryl/α,β-unsaturated/α-hetero) is 1. The highest BCUT2D eigenvalue weighted by molar-refractivity contribution is 6.03. The molecule has 1 N–H and O–H groups in total. The van der Waals surface area contributed by atoms with E-state index in [4.69, 9.17) is 0 Å². The molecule has 0 radical (unpaired) electrons. The van der Waals surface area contributed by atoms with Crippen LogP contribution >= 0.6 is 0 Å². The number of amides is 1. The van der Waals surface area contributed by atoms with Gasteiger partial charge in [-0.1, -0.05) is 18.2 Å². The Kier molecular flexibility index (Phi) is 4.07. The molecule has 0 aliphatic rings. The molecule has 1 amide bonds. The quantitative estimate of drug-likeness (QED) is 0.864. The van der Waals surface area contributed by atoms with Gasteiger partial charge in [-0.25, -0.2) is 4.68 Å². The molecule has 2 rings (SSSR count). The first-order valence-corrected chi connectivity index (χ1v) is 6.55. The van der Waals surface area contributed by atoms with Crippen molar-refractivity contribution in [3.8, 4) is 5.69 Å². The molecule has 0 atom stereocenters. The predicted molar refractivity (Wildman–Crippen MR) is 79.7 cm³/mol. The van der Waals surface area contributed by atoms with Crippen molar-refractivity contribution in [2.75, 3.05) is 5.32 Å². The van der Waals surface area contributed by atoms with Crippen LogP contribution in [0.25, 0.3) is 5.69 Å². The van der Waals surface area contributed by atoms with E-state index in [2.05, 4.69) is 5.32 Å². The zero-order valence-corrected chi connectivity index (χ0v) is 12.2. The average molecular weight is 287 g/mol. The van der Waals surface area contributed by atoms with Gasteiger partial charge >= 0.3 is 0 Å². The second kappa shape index (κ2) is 5.78. The second-order valence-corrected chi connectivity index (χ2v) is 4.86. The first-order chi connectivity index (χ1) is 9.91. The molecule has 0 bridgehead atoms. The molecule has 1 aromatic carbocycles. The number of carbonyl (C=O) groups excluding carboxylic acids is 2. The van der Waals surface area contributed by atoms with Gasteiger partial charge in [-0.15, -0.1) is 0 Å². The van der Waals surface area contributed by atoms with Gasteiger partial charge in [0.05, 0.1) is 17.8 Å². The van der Waals surface area contributed by atoms with Crippen molar-refractivity contribution in [1.29, 1.82) is 0 Å². The maximum atomic E-state index is 12.5. The van der Waals surface area contributed by atoms with Crippen LogP contribution in [0, 0.1) is 6.92 Å². The molecule has 0 aliphatic carbocycles.